The standard InChI is InChI=1S/C22H17F3N4O3S2/c1-29-19(9-30-16-4-2-3-14(8-16)22(23,24)25)27-28-21(29)34-11-15-10-33-20(26-15)13-5-6-17-18(7-13)32-12-31-17/h2-8,10H,9,11-12H2,1H3. The van der Waals surface area contributed by atoms with Gasteiger partial charge in [0.2, 0.25) is 6.79 Å². The Morgan fingerprint density at radius 2 is 1.97 bits per heavy atom. The van der Waals surface area contributed by atoms with E-state index in [0.29, 0.717) is 22.5 Å². The number of hydrogen-bond donors (Lipinski definition) is 0. The molecule has 5 rings (SSSR count). The lowest BCUT2D eigenvalue weighted by Crippen LogP contribution is -2.07. The normalized spacial score (nSPS) is 12.8. The molecular formula is C22H17F3N4O3S2. The third-order valence-electron chi connectivity index (χ3n) is 4.97. The van der Waals surface area contributed by atoms with Crippen molar-refractivity contribution in [2.24, 2.45) is 7.05 Å². The Bertz CT molecular complexity index is 1320. The van der Waals surface area contributed by atoms with Gasteiger partial charge in [-0.25, -0.2) is 4.98 Å². The summed E-state index contributed by atoms with van der Waals surface area (Å²) < 4.78 is 56.7. The maximum atomic E-state index is 12.9. The van der Waals surface area contributed by atoms with Crippen molar-refractivity contribution in [3.63, 3.8) is 0 Å². The maximum absolute atomic E-state index is 12.9. The first-order valence-corrected chi connectivity index (χ1v) is 11.9. The van der Waals surface area contributed by atoms with Crippen molar-refractivity contribution >= 4 is 23.1 Å². The first-order chi connectivity index (χ1) is 16.4. The van der Waals surface area contributed by atoms with E-state index in [1.165, 1.54) is 35.2 Å². The molecule has 0 saturated heterocycles. The quantitative estimate of drug-likeness (QED) is 0.304. The molecule has 0 N–H and O–H groups in total. The van der Waals surface area contributed by atoms with E-state index in [2.05, 4.69) is 15.2 Å². The van der Waals surface area contributed by atoms with E-state index in [-0.39, 0.29) is 19.1 Å². The number of halogens is 3. The smallest absolute Gasteiger partial charge is 0.416 e. The number of thiazole rings is 1. The summed E-state index contributed by atoms with van der Waals surface area (Å²) in [6.45, 7) is 0.222. The minimum atomic E-state index is -4.42. The zero-order chi connectivity index (χ0) is 23.7. The molecule has 0 amide bonds. The lowest BCUT2D eigenvalue weighted by molar-refractivity contribution is -0.137. The van der Waals surface area contributed by atoms with Crippen LogP contribution in [0, 0.1) is 0 Å². The molecule has 0 unspecified atom stereocenters. The number of rotatable bonds is 7. The van der Waals surface area contributed by atoms with Gasteiger partial charge in [-0.15, -0.1) is 21.5 Å². The van der Waals surface area contributed by atoms with Crippen molar-refractivity contribution in [2.45, 2.75) is 23.7 Å². The number of alkyl halides is 3. The first-order valence-electron chi connectivity index (χ1n) is 10.0. The molecule has 0 saturated carbocycles. The van der Waals surface area contributed by atoms with Crippen LogP contribution in [0.15, 0.2) is 53.0 Å². The topological polar surface area (TPSA) is 71.3 Å². The SMILES string of the molecule is Cn1c(COc2cccc(C(F)(F)F)c2)nnc1SCc1csc(-c2ccc3c(c2)OCO3)n1. The molecule has 12 heteroatoms. The van der Waals surface area contributed by atoms with Crippen molar-refractivity contribution in [1.29, 1.82) is 0 Å². The van der Waals surface area contributed by atoms with Crippen molar-refractivity contribution in [2.75, 3.05) is 6.79 Å². The number of aromatic nitrogens is 4. The fraction of sp³-hybridized carbons (Fsp3) is 0.227. The molecule has 1 aliphatic heterocycles. The molecule has 4 aromatic rings. The summed E-state index contributed by atoms with van der Waals surface area (Å²) in [5.74, 6) is 2.64. The number of fused-ring (bicyclic) bond motifs is 1. The van der Waals surface area contributed by atoms with Gasteiger partial charge in [-0.05, 0) is 36.4 Å². The molecule has 1 aliphatic rings. The molecule has 0 bridgehead atoms. The van der Waals surface area contributed by atoms with E-state index < -0.39 is 11.7 Å². The summed E-state index contributed by atoms with van der Waals surface area (Å²) >= 11 is 3.00. The van der Waals surface area contributed by atoms with Crippen LogP contribution in [-0.4, -0.2) is 26.5 Å². The highest BCUT2D eigenvalue weighted by molar-refractivity contribution is 7.98. The largest absolute Gasteiger partial charge is 0.486 e. The fourth-order valence-corrected chi connectivity index (χ4v) is 4.93. The van der Waals surface area contributed by atoms with Crippen molar-refractivity contribution in [3.8, 4) is 27.8 Å². The van der Waals surface area contributed by atoms with Crippen LogP contribution in [0.3, 0.4) is 0 Å². The van der Waals surface area contributed by atoms with Gasteiger partial charge in [0, 0.05) is 23.7 Å². The molecule has 0 spiro atoms. The summed E-state index contributed by atoms with van der Waals surface area (Å²) in [6, 6.07) is 10.5. The van der Waals surface area contributed by atoms with Crippen LogP contribution in [0.25, 0.3) is 10.6 Å². The summed E-state index contributed by atoms with van der Waals surface area (Å²) in [7, 11) is 1.78. The number of nitrogens with zero attached hydrogens (tertiary/aromatic N) is 4. The van der Waals surface area contributed by atoms with Gasteiger partial charge >= 0.3 is 6.18 Å². The summed E-state index contributed by atoms with van der Waals surface area (Å²) in [4.78, 5) is 4.69. The number of benzene rings is 2. The highest BCUT2D eigenvalue weighted by atomic mass is 32.2. The average Bonchev–Trinajstić information content (AvgIpc) is 3.56. The van der Waals surface area contributed by atoms with Gasteiger partial charge in [0.05, 0.1) is 11.3 Å². The van der Waals surface area contributed by atoms with E-state index in [4.69, 9.17) is 14.2 Å². The second-order valence-electron chi connectivity index (χ2n) is 7.27. The van der Waals surface area contributed by atoms with Crippen molar-refractivity contribution < 1.29 is 27.4 Å². The third-order valence-corrected chi connectivity index (χ3v) is 6.97. The van der Waals surface area contributed by atoms with E-state index >= 15 is 0 Å². The van der Waals surface area contributed by atoms with Crippen LogP contribution < -0.4 is 14.2 Å². The molecule has 0 aliphatic carbocycles. The molecule has 0 fully saturated rings. The van der Waals surface area contributed by atoms with Gasteiger partial charge in [0.25, 0.3) is 0 Å². The molecule has 2 aromatic carbocycles. The van der Waals surface area contributed by atoms with E-state index in [1.807, 2.05) is 23.6 Å². The van der Waals surface area contributed by atoms with Gasteiger partial charge in [0.1, 0.15) is 17.4 Å². The predicted molar refractivity (Wildman–Crippen MR) is 120 cm³/mol. The first kappa shape index (κ1) is 22.5. The lowest BCUT2D eigenvalue weighted by atomic mass is 10.2. The molecule has 0 atom stereocenters. The summed E-state index contributed by atoms with van der Waals surface area (Å²) in [5.41, 5.74) is 1.09. The zero-order valence-electron chi connectivity index (χ0n) is 17.7. The zero-order valence-corrected chi connectivity index (χ0v) is 19.3. The molecule has 34 heavy (non-hydrogen) atoms. The molecule has 0 radical (unpaired) electrons. The third kappa shape index (κ3) is 4.82. The van der Waals surface area contributed by atoms with Gasteiger partial charge in [0.15, 0.2) is 22.5 Å². The van der Waals surface area contributed by atoms with E-state index in [9.17, 15) is 13.2 Å². The Hall–Kier alpha value is -3.25. The Balaban J connectivity index is 1.20. The van der Waals surface area contributed by atoms with Crippen LogP contribution in [-0.2, 0) is 25.6 Å². The van der Waals surface area contributed by atoms with Crippen molar-refractivity contribution in [3.05, 3.63) is 64.9 Å². The summed E-state index contributed by atoms with van der Waals surface area (Å²) in [6.07, 6.45) is -4.42. The number of hydrogen-bond acceptors (Lipinski definition) is 8. The maximum Gasteiger partial charge on any atom is 0.416 e. The number of ether oxygens (including phenoxy) is 3. The Labute approximate surface area is 200 Å². The second-order valence-corrected chi connectivity index (χ2v) is 9.07. The second kappa shape index (κ2) is 9.18. The molecule has 2 aromatic heterocycles. The highest BCUT2D eigenvalue weighted by Crippen LogP contribution is 2.37. The number of thioether (sulfide) groups is 1. The Morgan fingerprint density at radius 1 is 1.12 bits per heavy atom. The van der Waals surface area contributed by atoms with Crippen LogP contribution in [0.2, 0.25) is 0 Å². The Kier molecular flexibility index (Phi) is 6.09. The van der Waals surface area contributed by atoms with Gasteiger partial charge in [-0.1, -0.05) is 17.8 Å². The minimum Gasteiger partial charge on any atom is -0.486 e. The van der Waals surface area contributed by atoms with Gasteiger partial charge in [-0.2, -0.15) is 13.2 Å². The molecule has 176 valence electrons. The lowest BCUT2D eigenvalue weighted by Gasteiger charge is -2.10. The van der Waals surface area contributed by atoms with Crippen LogP contribution in [0.4, 0.5) is 13.2 Å². The van der Waals surface area contributed by atoms with Gasteiger partial charge < -0.3 is 18.8 Å². The molecule has 7 nitrogen and oxygen atoms in total. The Morgan fingerprint density at radius 3 is 2.82 bits per heavy atom. The predicted octanol–water partition coefficient (Wildman–Crippen LogP) is 5.56. The summed E-state index contributed by atoms with van der Waals surface area (Å²) in [5, 5.41) is 11.8. The van der Waals surface area contributed by atoms with Gasteiger partial charge in [-0.3, -0.25) is 0 Å². The van der Waals surface area contributed by atoms with Crippen molar-refractivity contribution in [1.82, 2.24) is 19.7 Å². The molecular weight excluding hydrogens is 489 g/mol. The van der Waals surface area contributed by atoms with Crippen LogP contribution >= 0.6 is 23.1 Å². The molecule has 3 heterocycles. The van der Waals surface area contributed by atoms with E-state index in [0.717, 1.165) is 34.1 Å². The monoisotopic (exact) mass is 506 g/mol. The average molecular weight is 507 g/mol. The minimum absolute atomic E-state index is 0.00364. The van der Waals surface area contributed by atoms with Crippen LogP contribution in [0.1, 0.15) is 17.1 Å². The fourth-order valence-electron chi connectivity index (χ4n) is 3.18. The van der Waals surface area contributed by atoms with Crippen LogP contribution in [0.5, 0.6) is 17.2 Å². The van der Waals surface area contributed by atoms with E-state index in [1.54, 1.807) is 11.6 Å². The highest BCUT2D eigenvalue weighted by Gasteiger charge is 2.30.